The lowest BCUT2D eigenvalue weighted by Crippen LogP contribution is -2.53. The molecular weight excluding hydrogens is 210 g/mol. The maximum atomic E-state index is 11.2. The molecule has 0 aromatic rings. The van der Waals surface area contributed by atoms with Gasteiger partial charge in [-0.2, -0.15) is 25.3 Å². The van der Waals surface area contributed by atoms with E-state index in [1.54, 1.807) is 0 Å². The molecule has 0 fully saturated rings. The van der Waals surface area contributed by atoms with Crippen molar-refractivity contribution in [1.29, 1.82) is 0 Å². The van der Waals surface area contributed by atoms with E-state index in [4.69, 9.17) is 16.6 Å². The van der Waals surface area contributed by atoms with Crippen molar-refractivity contribution < 1.29 is 9.90 Å². The van der Waals surface area contributed by atoms with E-state index >= 15 is 0 Å². The smallest absolute Gasteiger partial charge is 0.238 e. The van der Waals surface area contributed by atoms with Crippen LogP contribution in [-0.4, -0.2) is 40.8 Å². The summed E-state index contributed by atoms with van der Waals surface area (Å²) in [4.78, 5) is 11.2. The normalized spacial score (nSPS) is 17.6. The molecule has 78 valence electrons. The lowest BCUT2D eigenvalue weighted by molar-refractivity contribution is -0.123. The molecule has 13 heavy (non-hydrogen) atoms. The SMILES string of the molecule is N[C@H](CS)C(=O)N[C@H](CS)[C@@H](N)O. The molecule has 0 heterocycles. The highest BCUT2D eigenvalue weighted by atomic mass is 32.1. The summed E-state index contributed by atoms with van der Waals surface area (Å²) in [5.74, 6) is 0.104. The molecule has 0 saturated carbocycles. The number of aliphatic hydroxyl groups is 1. The third-order valence-corrected chi connectivity index (χ3v) is 2.26. The molecule has 0 saturated heterocycles. The fraction of sp³-hybridized carbons (Fsp3) is 0.833. The highest BCUT2D eigenvalue weighted by Crippen LogP contribution is 1.93. The van der Waals surface area contributed by atoms with Gasteiger partial charge in [0.15, 0.2) is 0 Å². The van der Waals surface area contributed by atoms with Gasteiger partial charge in [0.05, 0.1) is 12.1 Å². The first kappa shape index (κ1) is 13.1. The fourth-order valence-corrected chi connectivity index (χ4v) is 1.08. The molecule has 0 aromatic heterocycles. The molecule has 3 atom stereocenters. The van der Waals surface area contributed by atoms with Crippen molar-refractivity contribution in [1.82, 2.24) is 5.32 Å². The summed E-state index contributed by atoms with van der Waals surface area (Å²) in [5.41, 5.74) is 10.6. The molecule has 0 spiro atoms. The Labute approximate surface area is 88.1 Å². The molecule has 0 radical (unpaired) electrons. The number of rotatable bonds is 5. The Hall–Kier alpha value is 0.0500. The highest BCUT2D eigenvalue weighted by molar-refractivity contribution is 7.80. The third-order valence-electron chi connectivity index (χ3n) is 1.47. The Balaban J connectivity index is 4.01. The molecule has 1 amide bonds. The van der Waals surface area contributed by atoms with Gasteiger partial charge in [-0.25, -0.2) is 0 Å². The van der Waals surface area contributed by atoms with Crippen LogP contribution in [0, 0.1) is 0 Å². The van der Waals surface area contributed by atoms with Crippen LogP contribution in [-0.2, 0) is 4.79 Å². The van der Waals surface area contributed by atoms with Gasteiger partial charge in [0.25, 0.3) is 0 Å². The van der Waals surface area contributed by atoms with Gasteiger partial charge in [0, 0.05) is 11.5 Å². The predicted molar refractivity (Wildman–Crippen MR) is 57.8 cm³/mol. The molecule has 0 aromatic carbocycles. The Morgan fingerprint density at radius 1 is 1.38 bits per heavy atom. The standard InChI is InChI=1S/C6H15N3O2S2/c7-3(1-12)6(11)9-4(2-13)5(8)10/h3-5,10,12-13H,1-2,7-8H2,(H,9,11)/t3-,4-,5+/m1/s1. The number of thiol groups is 2. The molecule has 6 N–H and O–H groups in total. The second-order valence-electron chi connectivity index (χ2n) is 2.58. The van der Waals surface area contributed by atoms with Crippen LogP contribution in [0.15, 0.2) is 0 Å². The molecule has 0 aliphatic carbocycles. The van der Waals surface area contributed by atoms with Crippen LogP contribution in [0.2, 0.25) is 0 Å². The van der Waals surface area contributed by atoms with Crippen molar-refractivity contribution in [3.63, 3.8) is 0 Å². The van der Waals surface area contributed by atoms with Gasteiger partial charge >= 0.3 is 0 Å². The average Bonchev–Trinajstić information content (AvgIpc) is 2.11. The minimum Gasteiger partial charge on any atom is -0.377 e. The first-order chi connectivity index (χ1) is 6.02. The van der Waals surface area contributed by atoms with Gasteiger partial charge in [-0.3, -0.25) is 4.79 Å². The Kier molecular flexibility index (Phi) is 6.52. The third kappa shape index (κ3) is 4.72. The lowest BCUT2D eigenvalue weighted by Gasteiger charge is -2.20. The summed E-state index contributed by atoms with van der Waals surface area (Å²) in [7, 11) is 0. The van der Waals surface area contributed by atoms with Crippen molar-refractivity contribution in [3.05, 3.63) is 0 Å². The zero-order chi connectivity index (χ0) is 10.4. The second-order valence-corrected chi connectivity index (χ2v) is 3.31. The highest BCUT2D eigenvalue weighted by Gasteiger charge is 2.19. The Bertz CT molecular complexity index is 168. The van der Waals surface area contributed by atoms with Crippen LogP contribution in [0.1, 0.15) is 0 Å². The number of hydrogen-bond donors (Lipinski definition) is 6. The first-order valence-electron chi connectivity index (χ1n) is 3.74. The average molecular weight is 225 g/mol. The van der Waals surface area contributed by atoms with Crippen molar-refractivity contribution in [2.24, 2.45) is 11.5 Å². The summed E-state index contributed by atoms with van der Waals surface area (Å²) in [6.45, 7) is 0. The van der Waals surface area contributed by atoms with Crippen LogP contribution in [0.5, 0.6) is 0 Å². The maximum Gasteiger partial charge on any atom is 0.238 e. The number of nitrogens with one attached hydrogen (secondary N) is 1. The predicted octanol–water partition coefficient (Wildman–Crippen LogP) is -2.06. The van der Waals surface area contributed by atoms with Gasteiger partial charge in [-0.15, -0.1) is 0 Å². The van der Waals surface area contributed by atoms with Crippen molar-refractivity contribution in [3.8, 4) is 0 Å². The number of aliphatic hydroxyl groups excluding tert-OH is 1. The summed E-state index contributed by atoms with van der Waals surface area (Å²) >= 11 is 7.77. The zero-order valence-electron chi connectivity index (χ0n) is 7.05. The van der Waals surface area contributed by atoms with Gasteiger partial charge in [-0.1, -0.05) is 0 Å². The van der Waals surface area contributed by atoms with Gasteiger partial charge in [-0.05, 0) is 0 Å². The number of hydrogen-bond acceptors (Lipinski definition) is 6. The molecule has 0 bridgehead atoms. The monoisotopic (exact) mass is 225 g/mol. The van der Waals surface area contributed by atoms with E-state index < -0.39 is 24.2 Å². The molecular formula is C6H15N3O2S2. The molecule has 0 aliphatic heterocycles. The minimum atomic E-state index is -1.13. The van der Waals surface area contributed by atoms with E-state index in [1.807, 2.05) is 0 Å². The van der Waals surface area contributed by atoms with Gasteiger partial charge < -0.3 is 21.9 Å². The minimum absolute atomic E-state index is 0.242. The maximum absolute atomic E-state index is 11.2. The number of carbonyl (C=O) groups excluding carboxylic acids is 1. The van der Waals surface area contributed by atoms with Crippen LogP contribution in [0.4, 0.5) is 0 Å². The first-order valence-corrected chi connectivity index (χ1v) is 5.00. The second kappa shape index (κ2) is 6.50. The summed E-state index contributed by atoms with van der Waals surface area (Å²) in [6.07, 6.45) is -1.13. The molecule has 0 aliphatic rings. The zero-order valence-corrected chi connectivity index (χ0v) is 8.84. The van der Waals surface area contributed by atoms with Crippen LogP contribution in [0.25, 0.3) is 0 Å². The summed E-state index contributed by atoms with van der Waals surface area (Å²) < 4.78 is 0. The van der Waals surface area contributed by atoms with Crippen molar-refractivity contribution >= 4 is 31.2 Å². The summed E-state index contributed by atoms with van der Waals surface area (Å²) in [5, 5.41) is 11.4. The van der Waals surface area contributed by atoms with E-state index in [1.165, 1.54) is 0 Å². The Morgan fingerprint density at radius 2 is 1.92 bits per heavy atom. The van der Waals surface area contributed by atoms with E-state index in [2.05, 4.69) is 30.6 Å². The molecule has 0 unspecified atom stereocenters. The largest absolute Gasteiger partial charge is 0.377 e. The van der Waals surface area contributed by atoms with E-state index in [9.17, 15) is 4.79 Å². The van der Waals surface area contributed by atoms with Crippen molar-refractivity contribution in [2.45, 2.75) is 18.3 Å². The number of amides is 1. The van der Waals surface area contributed by atoms with E-state index in [0.29, 0.717) is 0 Å². The van der Waals surface area contributed by atoms with Crippen molar-refractivity contribution in [2.75, 3.05) is 11.5 Å². The van der Waals surface area contributed by atoms with Gasteiger partial charge in [0.2, 0.25) is 5.91 Å². The van der Waals surface area contributed by atoms with Gasteiger partial charge in [0.1, 0.15) is 6.23 Å². The van der Waals surface area contributed by atoms with E-state index in [0.717, 1.165) is 0 Å². The molecule has 5 nitrogen and oxygen atoms in total. The lowest BCUT2D eigenvalue weighted by atomic mass is 10.2. The molecule has 7 heteroatoms. The van der Waals surface area contributed by atoms with Crippen LogP contribution in [0.3, 0.4) is 0 Å². The summed E-state index contributed by atoms with van der Waals surface area (Å²) in [6, 6.07) is -1.27. The Morgan fingerprint density at radius 3 is 2.23 bits per heavy atom. The fourth-order valence-electron chi connectivity index (χ4n) is 0.612. The van der Waals surface area contributed by atoms with E-state index in [-0.39, 0.29) is 11.5 Å². The van der Waals surface area contributed by atoms with Crippen LogP contribution < -0.4 is 16.8 Å². The molecule has 0 rings (SSSR count). The quantitative estimate of drug-likeness (QED) is 0.239. The number of carbonyl (C=O) groups is 1. The van der Waals surface area contributed by atoms with Crippen LogP contribution >= 0.6 is 25.3 Å². The topological polar surface area (TPSA) is 101 Å². The number of nitrogens with two attached hydrogens (primary N) is 2.